The Hall–Kier alpha value is -1.76. The highest BCUT2D eigenvalue weighted by atomic mass is 32.2. The first-order chi connectivity index (χ1) is 11.6. The first-order valence-electron chi connectivity index (χ1n) is 8.53. The molecule has 2 aliphatic rings. The number of sulfone groups is 1. The van der Waals surface area contributed by atoms with Gasteiger partial charge in [0.25, 0.3) is 0 Å². The van der Waals surface area contributed by atoms with Gasteiger partial charge < -0.3 is 15.4 Å². The van der Waals surface area contributed by atoms with Crippen molar-refractivity contribution < 1.29 is 13.2 Å². The van der Waals surface area contributed by atoms with Crippen molar-refractivity contribution in [1.29, 1.82) is 0 Å². The quantitative estimate of drug-likeness (QED) is 0.611. The van der Waals surface area contributed by atoms with Crippen molar-refractivity contribution in [1.82, 2.24) is 10.6 Å². The second kappa shape index (κ2) is 7.42. The van der Waals surface area contributed by atoms with Gasteiger partial charge in [0.1, 0.15) is 11.9 Å². The molecule has 2 heterocycles. The smallest absolute Gasteiger partial charge is 0.191 e. The van der Waals surface area contributed by atoms with Gasteiger partial charge in [-0.2, -0.15) is 0 Å². The van der Waals surface area contributed by atoms with E-state index >= 15 is 0 Å². The molecule has 1 aromatic rings. The summed E-state index contributed by atoms with van der Waals surface area (Å²) in [4.78, 5) is 4.55. The largest absolute Gasteiger partial charge is 0.488 e. The molecule has 0 spiro atoms. The van der Waals surface area contributed by atoms with Crippen molar-refractivity contribution >= 4 is 15.8 Å². The molecule has 0 radical (unpaired) electrons. The molecule has 0 saturated carbocycles. The summed E-state index contributed by atoms with van der Waals surface area (Å²) >= 11 is 0. The fourth-order valence-electron chi connectivity index (χ4n) is 3.16. The van der Waals surface area contributed by atoms with Crippen LogP contribution in [0.1, 0.15) is 18.9 Å². The average molecular weight is 351 g/mol. The highest BCUT2D eigenvalue weighted by molar-refractivity contribution is 7.91. The first-order valence-corrected chi connectivity index (χ1v) is 10.3. The number of ether oxygens (including phenoxy) is 1. The Labute approximate surface area is 143 Å². The summed E-state index contributed by atoms with van der Waals surface area (Å²) in [5.41, 5.74) is 1.24. The van der Waals surface area contributed by atoms with Crippen LogP contribution in [0.3, 0.4) is 0 Å². The monoisotopic (exact) mass is 351 g/mol. The van der Waals surface area contributed by atoms with E-state index in [9.17, 15) is 8.42 Å². The lowest BCUT2D eigenvalue weighted by molar-refractivity contribution is 0.235. The highest BCUT2D eigenvalue weighted by Crippen LogP contribution is 2.27. The molecule has 2 N–H and O–H groups in total. The number of hydrogen-bond donors (Lipinski definition) is 2. The van der Waals surface area contributed by atoms with E-state index in [1.807, 2.05) is 25.1 Å². The molecular formula is C17H25N3O3S. The third kappa shape index (κ3) is 4.41. The number of fused-ring (bicyclic) bond motifs is 1. The van der Waals surface area contributed by atoms with E-state index in [4.69, 9.17) is 4.74 Å². The second-order valence-electron chi connectivity index (χ2n) is 6.42. The zero-order valence-corrected chi connectivity index (χ0v) is 14.8. The molecule has 6 nitrogen and oxygen atoms in total. The fraction of sp³-hybridized carbons (Fsp3) is 0.588. The Balaban J connectivity index is 1.50. The van der Waals surface area contributed by atoms with E-state index in [-0.39, 0.29) is 17.8 Å². The molecule has 2 unspecified atom stereocenters. The van der Waals surface area contributed by atoms with Crippen molar-refractivity contribution in [3.05, 3.63) is 29.8 Å². The normalized spacial score (nSPS) is 25.1. The summed E-state index contributed by atoms with van der Waals surface area (Å²) in [5, 5.41) is 6.51. The third-order valence-corrected chi connectivity index (χ3v) is 6.23. The minimum Gasteiger partial charge on any atom is -0.488 e. The Morgan fingerprint density at radius 3 is 2.88 bits per heavy atom. The lowest BCUT2D eigenvalue weighted by Crippen LogP contribution is -2.42. The van der Waals surface area contributed by atoms with E-state index in [1.54, 1.807) is 0 Å². The van der Waals surface area contributed by atoms with Gasteiger partial charge in [0.05, 0.1) is 18.1 Å². The number of rotatable bonds is 5. The summed E-state index contributed by atoms with van der Waals surface area (Å²) < 4.78 is 29.0. The predicted octanol–water partition coefficient (Wildman–Crippen LogP) is 0.980. The van der Waals surface area contributed by atoms with Gasteiger partial charge in [-0.15, -0.1) is 0 Å². The van der Waals surface area contributed by atoms with Gasteiger partial charge in [0.2, 0.25) is 0 Å². The minimum absolute atomic E-state index is 0.0955. The van der Waals surface area contributed by atoms with Gasteiger partial charge >= 0.3 is 0 Å². The molecular weight excluding hydrogens is 326 g/mol. The number of para-hydroxylation sites is 1. The zero-order chi connectivity index (χ0) is 17.0. The van der Waals surface area contributed by atoms with Crippen LogP contribution in [0, 0.1) is 5.92 Å². The van der Waals surface area contributed by atoms with Crippen LogP contribution in [0.25, 0.3) is 0 Å². The molecule has 3 rings (SSSR count). The maximum Gasteiger partial charge on any atom is 0.191 e. The number of guanidine groups is 1. The van der Waals surface area contributed by atoms with Crippen LogP contribution in [0.15, 0.2) is 29.3 Å². The molecule has 7 heteroatoms. The molecule has 0 aliphatic carbocycles. The topological polar surface area (TPSA) is 79.8 Å². The Morgan fingerprint density at radius 1 is 1.33 bits per heavy atom. The van der Waals surface area contributed by atoms with Crippen molar-refractivity contribution in [3.63, 3.8) is 0 Å². The maximum atomic E-state index is 11.5. The van der Waals surface area contributed by atoms with Gasteiger partial charge in [-0.3, -0.25) is 4.99 Å². The summed E-state index contributed by atoms with van der Waals surface area (Å²) in [5.74, 6) is 2.38. The van der Waals surface area contributed by atoms with Crippen molar-refractivity contribution in [3.8, 4) is 5.75 Å². The van der Waals surface area contributed by atoms with Crippen LogP contribution in [0.5, 0.6) is 5.75 Å². The van der Waals surface area contributed by atoms with E-state index in [2.05, 4.69) is 21.7 Å². The second-order valence-corrected chi connectivity index (χ2v) is 8.65. The molecule has 0 amide bonds. The van der Waals surface area contributed by atoms with E-state index < -0.39 is 9.84 Å². The fourth-order valence-corrected chi connectivity index (χ4v) is 5.01. The molecule has 2 atom stereocenters. The van der Waals surface area contributed by atoms with Crippen LogP contribution >= 0.6 is 0 Å². The van der Waals surface area contributed by atoms with Crippen LogP contribution in [-0.4, -0.2) is 51.6 Å². The van der Waals surface area contributed by atoms with Crippen LogP contribution in [-0.2, 0) is 16.3 Å². The molecule has 1 fully saturated rings. The van der Waals surface area contributed by atoms with Crippen molar-refractivity contribution in [2.75, 3.05) is 31.1 Å². The molecule has 24 heavy (non-hydrogen) atoms. The Morgan fingerprint density at radius 2 is 2.17 bits per heavy atom. The molecule has 132 valence electrons. The van der Waals surface area contributed by atoms with Gasteiger partial charge in [-0.1, -0.05) is 18.2 Å². The first kappa shape index (κ1) is 17.1. The number of nitrogens with one attached hydrogen (secondary N) is 2. The average Bonchev–Trinajstić information content (AvgIpc) is 3.12. The maximum absolute atomic E-state index is 11.5. The number of hydrogen-bond acceptors (Lipinski definition) is 4. The minimum atomic E-state index is -2.84. The van der Waals surface area contributed by atoms with Crippen molar-refractivity contribution in [2.45, 2.75) is 25.9 Å². The molecule has 2 aliphatic heterocycles. The van der Waals surface area contributed by atoms with Crippen LogP contribution in [0.4, 0.5) is 0 Å². The molecule has 0 aromatic heterocycles. The third-order valence-electron chi connectivity index (χ3n) is 4.39. The molecule has 0 bridgehead atoms. The van der Waals surface area contributed by atoms with Crippen LogP contribution < -0.4 is 15.4 Å². The van der Waals surface area contributed by atoms with E-state index in [0.29, 0.717) is 25.3 Å². The Kier molecular flexibility index (Phi) is 5.28. The number of benzene rings is 1. The Bertz CT molecular complexity index is 678. The summed E-state index contributed by atoms with van der Waals surface area (Å²) in [6, 6.07) is 8.10. The standard InChI is InChI=1S/C17H25N3O3S/c1-2-18-17(19-10-13-7-8-24(21,22)12-13)20-11-15-9-14-5-3-4-6-16(14)23-15/h3-6,13,15H,2,7-12H2,1H3,(H2,18,19,20). The molecule has 1 saturated heterocycles. The van der Waals surface area contributed by atoms with Gasteiger partial charge in [-0.25, -0.2) is 8.42 Å². The lowest BCUT2D eigenvalue weighted by atomic mass is 10.1. The van der Waals surface area contributed by atoms with E-state index in [0.717, 1.165) is 24.7 Å². The van der Waals surface area contributed by atoms with E-state index in [1.165, 1.54) is 5.56 Å². The number of nitrogens with zero attached hydrogens (tertiary/aromatic N) is 1. The van der Waals surface area contributed by atoms with Gasteiger partial charge in [0, 0.05) is 19.5 Å². The van der Waals surface area contributed by atoms with Gasteiger partial charge in [0.15, 0.2) is 15.8 Å². The highest BCUT2D eigenvalue weighted by Gasteiger charge is 2.27. The van der Waals surface area contributed by atoms with Crippen LogP contribution in [0.2, 0.25) is 0 Å². The van der Waals surface area contributed by atoms with Gasteiger partial charge in [-0.05, 0) is 30.9 Å². The predicted molar refractivity (Wildman–Crippen MR) is 95.3 cm³/mol. The number of aliphatic imine (C=N–C) groups is 1. The lowest BCUT2D eigenvalue weighted by Gasteiger charge is -2.16. The zero-order valence-electron chi connectivity index (χ0n) is 14.0. The summed E-state index contributed by atoms with van der Waals surface area (Å²) in [6.45, 7) is 3.99. The summed E-state index contributed by atoms with van der Waals surface area (Å²) in [6.07, 6.45) is 1.70. The van der Waals surface area contributed by atoms with Crippen molar-refractivity contribution in [2.24, 2.45) is 10.9 Å². The summed E-state index contributed by atoms with van der Waals surface area (Å²) in [7, 11) is -2.84. The SMILES string of the molecule is CCNC(=NCC1CCS(=O)(=O)C1)NCC1Cc2ccccc2O1. The molecule has 1 aromatic carbocycles.